The second-order valence-corrected chi connectivity index (χ2v) is 7.16. The van der Waals surface area contributed by atoms with Crippen LogP contribution in [0.15, 0.2) is 23.1 Å². The third-order valence-electron chi connectivity index (χ3n) is 3.91. The summed E-state index contributed by atoms with van der Waals surface area (Å²) in [6.07, 6.45) is 6.27. The van der Waals surface area contributed by atoms with Crippen LogP contribution in [0.5, 0.6) is 5.75 Å². The number of nitrogens with one attached hydrogen (secondary N) is 1. The van der Waals surface area contributed by atoms with Gasteiger partial charge in [0, 0.05) is 11.6 Å². The third kappa shape index (κ3) is 4.18. The molecule has 0 amide bonds. The Labute approximate surface area is 126 Å². The molecule has 2 rings (SSSR count). The fourth-order valence-electron chi connectivity index (χ4n) is 2.73. The molecule has 1 saturated carbocycles. The second-order valence-electron chi connectivity index (χ2n) is 5.44. The highest BCUT2D eigenvalue weighted by Gasteiger charge is 2.22. The molecule has 0 aromatic heterocycles. The Balaban J connectivity index is 2.18. The first-order chi connectivity index (χ1) is 10.1. The molecule has 6 heteroatoms. The van der Waals surface area contributed by atoms with Gasteiger partial charge in [-0.3, -0.25) is 0 Å². The highest BCUT2D eigenvalue weighted by molar-refractivity contribution is 7.89. The minimum atomic E-state index is -3.55. The lowest BCUT2D eigenvalue weighted by molar-refractivity contribution is 0.273. The van der Waals surface area contributed by atoms with Crippen molar-refractivity contribution in [1.29, 1.82) is 0 Å². The molecule has 0 bridgehead atoms. The predicted octanol–water partition coefficient (Wildman–Crippen LogP) is 2.19. The van der Waals surface area contributed by atoms with Gasteiger partial charge in [-0.05, 0) is 31.0 Å². The summed E-state index contributed by atoms with van der Waals surface area (Å²) in [4.78, 5) is 0.177. The number of ether oxygens (including phenoxy) is 1. The highest BCUT2D eigenvalue weighted by atomic mass is 32.2. The van der Waals surface area contributed by atoms with Crippen molar-refractivity contribution in [1.82, 2.24) is 4.72 Å². The first-order valence-corrected chi connectivity index (χ1v) is 8.85. The SMILES string of the molecule is COc1ccc(S(=O)(=O)NC2CCCCCC2)cc1CO. The highest BCUT2D eigenvalue weighted by Crippen LogP contribution is 2.24. The summed E-state index contributed by atoms with van der Waals surface area (Å²) in [6, 6.07) is 4.57. The lowest BCUT2D eigenvalue weighted by Crippen LogP contribution is -2.34. The van der Waals surface area contributed by atoms with Gasteiger partial charge in [0.25, 0.3) is 0 Å². The van der Waals surface area contributed by atoms with Crippen LogP contribution in [0.2, 0.25) is 0 Å². The summed E-state index contributed by atoms with van der Waals surface area (Å²) >= 11 is 0. The van der Waals surface area contributed by atoms with Crippen molar-refractivity contribution >= 4 is 10.0 Å². The Morgan fingerprint density at radius 1 is 1.24 bits per heavy atom. The Morgan fingerprint density at radius 2 is 1.90 bits per heavy atom. The summed E-state index contributed by atoms with van der Waals surface area (Å²) in [5.74, 6) is 0.492. The number of hydrogen-bond acceptors (Lipinski definition) is 4. The van der Waals surface area contributed by atoms with Gasteiger partial charge in [-0.15, -0.1) is 0 Å². The van der Waals surface area contributed by atoms with Crippen LogP contribution >= 0.6 is 0 Å². The number of rotatable bonds is 5. The van der Waals surface area contributed by atoms with E-state index in [0.717, 1.165) is 25.7 Å². The van der Waals surface area contributed by atoms with Gasteiger partial charge in [0.05, 0.1) is 18.6 Å². The van der Waals surface area contributed by atoms with Gasteiger partial charge in [-0.25, -0.2) is 13.1 Å². The van der Waals surface area contributed by atoms with Gasteiger partial charge in [0.1, 0.15) is 5.75 Å². The molecule has 118 valence electrons. The normalized spacial score (nSPS) is 17.4. The molecule has 0 atom stereocenters. The van der Waals surface area contributed by atoms with Crippen LogP contribution in [0.25, 0.3) is 0 Å². The summed E-state index contributed by atoms with van der Waals surface area (Å²) in [6.45, 7) is -0.254. The van der Waals surface area contributed by atoms with E-state index in [1.165, 1.54) is 32.1 Å². The van der Waals surface area contributed by atoms with Crippen LogP contribution in [0.4, 0.5) is 0 Å². The molecular formula is C15H23NO4S. The van der Waals surface area contributed by atoms with Gasteiger partial charge in [0.15, 0.2) is 0 Å². The van der Waals surface area contributed by atoms with Gasteiger partial charge in [-0.1, -0.05) is 25.7 Å². The molecule has 1 fully saturated rings. The van der Waals surface area contributed by atoms with Crippen molar-refractivity contribution in [2.75, 3.05) is 7.11 Å². The zero-order valence-corrected chi connectivity index (χ0v) is 13.2. The van der Waals surface area contributed by atoms with E-state index in [4.69, 9.17) is 4.74 Å². The lowest BCUT2D eigenvalue weighted by atomic mass is 10.1. The molecule has 0 unspecified atom stereocenters. The number of aliphatic hydroxyl groups excluding tert-OH is 1. The van der Waals surface area contributed by atoms with Crippen LogP contribution in [0.3, 0.4) is 0 Å². The fraction of sp³-hybridized carbons (Fsp3) is 0.600. The zero-order chi connectivity index (χ0) is 15.3. The molecule has 0 heterocycles. The lowest BCUT2D eigenvalue weighted by Gasteiger charge is -2.17. The Morgan fingerprint density at radius 3 is 2.48 bits per heavy atom. The Kier molecular flexibility index (Phi) is 5.61. The van der Waals surface area contributed by atoms with Crippen molar-refractivity contribution in [2.45, 2.75) is 56.1 Å². The summed E-state index contributed by atoms with van der Waals surface area (Å²) in [5.41, 5.74) is 0.473. The van der Waals surface area contributed by atoms with Gasteiger partial charge < -0.3 is 9.84 Å². The topological polar surface area (TPSA) is 75.6 Å². The van der Waals surface area contributed by atoms with E-state index in [1.54, 1.807) is 6.07 Å². The summed E-state index contributed by atoms with van der Waals surface area (Å²) in [5, 5.41) is 9.30. The van der Waals surface area contributed by atoms with Crippen molar-refractivity contribution in [2.24, 2.45) is 0 Å². The van der Waals surface area contributed by atoms with Gasteiger partial charge >= 0.3 is 0 Å². The molecule has 2 N–H and O–H groups in total. The number of aliphatic hydroxyl groups is 1. The largest absolute Gasteiger partial charge is 0.496 e. The van der Waals surface area contributed by atoms with Crippen molar-refractivity contribution in [3.8, 4) is 5.75 Å². The smallest absolute Gasteiger partial charge is 0.240 e. The van der Waals surface area contributed by atoms with E-state index in [2.05, 4.69) is 4.72 Å². The monoisotopic (exact) mass is 313 g/mol. The molecule has 0 spiro atoms. The van der Waals surface area contributed by atoms with Crippen LogP contribution in [-0.2, 0) is 16.6 Å². The summed E-state index contributed by atoms with van der Waals surface area (Å²) in [7, 11) is -2.06. The quantitative estimate of drug-likeness (QED) is 0.817. The molecular weight excluding hydrogens is 290 g/mol. The van der Waals surface area contributed by atoms with Crippen LogP contribution < -0.4 is 9.46 Å². The molecule has 1 aliphatic carbocycles. The third-order valence-corrected chi connectivity index (χ3v) is 5.43. The minimum Gasteiger partial charge on any atom is -0.496 e. The minimum absolute atomic E-state index is 0.0113. The maximum Gasteiger partial charge on any atom is 0.240 e. The summed E-state index contributed by atoms with van der Waals surface area (Å²) < 4.78 is 32.8. The number of benzene rings is 1. The van der Waals surface area contributed by atoms with Gasteiger partial charge in [0.2, 0.25) is 10.0 Å². The van der Waals surface area contributed by atoms with Crippen LogP contribution in [0, 0.1) is 0 Å². The van der Waals surface area contributed by atoms with E-state index in [1.807, 2.05) is 0 Å². The van der Waals surface area contributed by atoms with E-state index in [9.17, 15) is 13.5 Å². The maximum atomic E-state index is 12.4. The first kappa shape index (κ1) is 16.3. The fourth-order valence-corrected chi connectivity index (χ4v) is 4.09. The molecule has 5 nitrogen and oxygen atoms in total. The van der Waals surface area contributed by atoms with Crippen LogP contribution in [-0.4, -0.2) is 26.7 Å². The van der Waals surface area contributed by atoms with Crippen molar-refractivity contribution in [3.05, 3.63) is 23.8 Å². The Hall–Kier alpha value is -1.11. The average Bonchev–Trinajstić information content (AvgIpc) is 2.74. The molecule has 1 aliphatic rings. The number of methoxy groups -OCH3 is 1. The zero-order valence-electron chi connectivity index (χ0n) is 12.3. The van der Waals surface area contributed by atoms with Crippen LogP contribution in [0.1, 0.15) is 44.1 Å². The van der Waals surface area contributed by atoms with E-state index in [0.29, 0.717) is 11.3 Å². The molecule has 21 heavy (non-hydrogen) atoms. The first-order valence-electron chi connectivity index (χ1n) is 7.37. The van der Waals surface area contributed by atoms with E-state index >= 15 is 0 Å². The van der Waals surface area contributed by atoms with Crippen molar-refractivity contribution < 1.29 is 18.3 Å². The maximum absolute atomic E-state index is 12.4. The predicted molar refractivity (Wildman–Crippen MR) is 80.7 cm³/mol. The van der Waals surface area contributed by atoms with Crippen molar-refractivity contribution in [3.63, 3.8) is 0 Å². The molecule has 1 aromatic rings. The van der Waals surface area contributed by atoms with E-state index < -0.39 is 10.0 Å². The second kappa shape index (κ2) is 7.24. The van der Waals surface area contributed by atoms with E-state index in [-0.39, 0.29) is 17.5 Å². The number of sulfonamides is 1. The molecule has 1 aromatic carbocycles. The standard InChI is InChI=1S/C15H23NO4S/c1-20-15-9-8-14(10-12(15)11-17)21(18,19)16-13-6-4-2-3-5-7-13/h8-10,13,16-17H,2-7,11H2,1H3. The Bertz CT molecular complexity index is 563. The molecule has 0 radical (unpaired) electrons. The molecule has 0 aliphatic heterocycles. The average molecular weight is 313 g/mol. The number of hydrogen-bond donors (Lipinski definition) is 2. The molecule has 0 saturated heterocycles. The van der Waals surface area contributed by atoms with Gasteiger partial charge in [-0.2, -0.15) is 0 Å².